The summed E-state index contributed by atoms with van der Waals surface area (Å²) in [6, 6.07) is 8.60. The standard InChI is InChI=1S/C24H33N5OS/c1-14(2)18-8-10-19(11-9-18)22(15(3)4)26-21(30)13-12-20-16(5)25-23-27-24(31-7)28-29(23)17(20)6/h8-11,14-15,22H,12-13H2,1-7H3,(H,26,30). The molecule has 0 fully saturated rings. The monoisotopic (exact) mass is 439 g/mol. The molecule has 31 heavy (non-hydrogen) atoms. The average Bonchev–Trinajstić information content (AvgIpc) is 3.15. The van der Waals surface area contributed by atoms with Crippen molar-refractivity contribution in [3.63, 3.8) is 0 Å². The van der Waals surface area contributed by atoms with Crippen molar-refractivity contribution in [3.8, 4) is 0 Å². The molecule has 1 atom stereocenters. The molecule has 2 heterocycles. The molecule has 1 amide bonds. The fraction of sp³-hybridized carbons (Fsp3) is 0.500. The van der Waals surface area contributed by atoms with Gasteiger partial charge in [-0.05, 0) is 55.1 Å². The third-order valence-electron chi connectivity index (χ3n) is 5.76. The van der Waals surface area contributed by atoms with E-state index in [9.17, 15) is 4.79 Å². The molecule has 7 heteroatoms. The van der Waals surface area contributed by atoms with Crippen LogP contribution in [0.15, 0.2) is 29.4 Å². The first-order chi connectivity index (χ1) is 14.7. The number of nitrogens with one attached hydrogen (secondary N) is 1. The first-order valence-corrected chi connectivity index (χ1v) is 12.1. The molecule has 1 N–H and O–H groups in total. The van der Waals surface area contributed by atoms with Gasteiger partial charge < -0.3 is 5.32 Å². The zero-order valence-corrected chi connectivity index (χ0v) is 20.4. The van der Waals surface area contributed by atoms with E-state index in [0.717, 1.165) is 22.5 Å². The molecule has 0 radical (unpaired) electrons. The van der Waals surface area contributed by atoms with Gasteiger partial charge in [-0.1, -0.05) is 63.7 Å². The van der Waals surface area contributed by atoms with Gasteiger partial charge >= 0.3 is 0 Å². The van der Waals surface area contributed by atoms with Gasteiger partial charge in [0.25, 0.3) is 5.78 Å². The largest absolute Gasteiger partial charge is 0.349 e. The number of amides is 1. The third-order valence-corrected chi connectivity index (χ3v) is 6.30. The highest BCUT2D eigenvalue weighted by Crippen LogP contribution is 2.25. The number of benzene rings is 1. The van der Waals surface area contributed by atoms with Gasteiger partial charge in [-0.2, -0.15) is 4.98 Å². The number of nitrogens with zero attached hydrogens (tertiary/aromatic N) is 4. The average molecular weight is 440 g/mol. The van der Waals surface area contributed by atoms with Gasteiger partial charge in [0.05, 0.1) is 6.04 Å². The van der Waals surface area contributed by atoms with E-state index >= 15 is 0 Å². The number of hydrogen-bond donors (Lipinski definition) is 1. The van der Waals surface area contributed by atoms with E-state index in [4.69, 9.17) is 0 Å². The Bertz CT molecular complexity index is 1060. The topological polar surface area (TPSA) is 72.2 Å². The van der Waals surface area contributed by atoms with Crippen LogP contribution in [-0.4, -0.2) is 31.7 Å². The first-order valence-electron chi connectivity index (χ1n) is 10.9. The van der Waals surface area contributed by atoms with Crippen LogP contribution < -0.4 is 5.32 Å². The molecule has 3 rings (SSSR count). The van der Waals surface area contributed by atoms with Crippen molar-refractivity contribution < 1.29 is 4.79 Å². The van der Waals surface area contributed by atoms with E-state index in [1.807, 2.05) is 20.1 Å². The highest BCUT2D eigenvalue weighted by Gasteiger charge is 2.20. The summed E-state index contributed by atoms with van der Waals surface area (Å²) < 4.78 is 1.78. The molecule has 3 aromatic rings. The Morgan fingerprint density at radius 3 is 2.29 bits per heavy atom. The second-order valence-electron chi connectivity index (χ2n) is 8.68. The maximum atomic E-state index is 12.8. The van der Waals surface area contributed by atoms with Crippen molar-refractivity contribution in [3.05, 3.63) is 52.3 Å². The number of rotatable bonds is 8. The molecule has 1 aromatic carbocycles. The Hall–Kier alpha value is -2.41. The van der Waals surface area contributed by atoms with Crippen LogP contribution >= 0.6 is 11.8 Å². The van der Waals surface area contributed by atoms with Crippen LogP contribution in [0.1, 0.15) is 74.2 Å². The maximum Gasteiger partial charge on any atom is 0.253 e. The number of fused-ring (bicyclic) bond motifs is 1. The third kappa shape index (κ3) is 5.26. The zero-order chi connectivity index (χ0) is 22.7. The van der Waals surface area contributed by atoms with E-state index in [-0.39, 0.29) is 11.9 Å². The van der Waals surface area contributed by atoms with Crippen molar-refractivity contribution in [2.45, 2.75) is 71.5 Å². The number of carbonyl (C=O) groups excluding carboxylic acids is 1. The Morgan fingerprint density at radius 1 is 1.06 bits per heavy atom. The van der Waals surface area contributed by atoms with Gasteiger partial charge in [0.15, 0.2) is 0 Å². The SMILES string of the molecule is CSc1nc2nc(C)c(CCC(=O)NC(c3ccc(C(C)C)cc3)C(C)C)c(C)n2n1. The minimum absolute atomic E-state index is 0.00374. The van der Waals surface area contributed by atoms with E-state index in [2.05, 4.69) is 72.3 Å². The summed E-state index contributed by atoms with van der Waals surface area (Å²) in [6.07, 6.45) is 2.98. The van der Waals surface area contributed by atoms with Crippen LogP contribution in [0.2, 0.25) is 0 Å². The second kappa shape index (κ2) is 9.81. The molecule has 166 valence electrons. The summed E-state index contributed by atoms with van der Waals surface area (Å²) in [5.74, 6) is 1.46. The van der Waals surface area contributed by atoms with E-state index < -0.39 is 0 Å². The Labute approximate surface area is 189 Å². The molecule has 0 aliphatic rings. The van der Waals surface area contributed by atoms with Gasteiger partial charge in [-0.3, -0.25) is 4.79 Å². The zero-order valence-electron chi connectivity index (χ0n) is 19.6. The van der Waals surface area contributed by atoms with Crippen LogP contribution in [-0.2, 0) is 11.2 Å². The van der Waals surface area contributed by atoms with Crippen molar-refractivity contribution in [2.75, 3.05) is 6.26 Å². The molecule has 6 nitrogen and oxygen atoms in total. The van der Waals surface area contributed by atoms with Crippen molar-refractivity contribution >= 4 is 23.4 Å². The van der Waals surface area contributed by atoms with Gasteiger partial charge in [0, 0.05) is 17.8 Å². The molecule has 0 saturated heterocycles. The summed E-state index contributed by atoms with van der Waals surface area (Å²) in [4.78, 5) is 21.9. The van der Waals surface area contributed by atoms with Crippen molar-refractivity contribution in [1.82, 2.24) is 24.9 Å². The molecule has 0 spiro atoms. The van der Waals surface area contributed by atoms with Gasteiger partial charge in [-0.25, -0.2) is 9.50 Å². The van der Waals surface area contributed by atoms with Gasteiger partial charge in [0.1, 0.15) is 0 Å². The fourth-order valence-electron chi connectivity index (χ4n) is 3.85. The lowest BCUT2D eigenvalue weighted by atomic mass is 9.93. The Morgan fingerprint density at radius 2 is 1.71 bits per heavy atom. The predicted molar refractivity (Wildman–Crippen MR) is 127 cm³/mol. The smallest absolute Gasteiger partial charge is 0.253 e. The van der Waals surface area contributed by atoms with Crippen LogP contribution in [0, 0.1) is 19.8 Å². The molecule has 1 unspecified atom stereocenters. The predicted octanol–water partition coefficient (Wildman–Crippen LogP) is 5.03. The lowest BCUT2D eigenvalue weighted by molar-refractivity contribution is -0.122. The number of carbonyl (C=O) groups is 1. The van der Waals surface area contributed by atoms with Crippen LogP contribution in [0.25, 0.3) is 5.78 Å². The fourth-order valence-corrected chi connectivity index (χ4v) is 4.18. The maximum absolute atomic E-state index is 12.8. The molecule has 2 aromatic heterocycles. The van der Waals surface area contributed by atoms with Gasteiger partial charge in [-0.15, -0.1) is 5.10 Å². The van der Waals surface area contributed by atoms with Crippen LogP contribution in [0.3, 0.4) is 0 Å². The quantitative estimate of drug-likeness (QED) is 0.498. The number of aryl methyl sites for hydroxylation is 2. The highest BCUT2D eigenvalue weighted by molar-refractivity contribution is 7.98. The minimum atomic E-state index is -0.00374. The first kappa shape index (κ1) is 23.3. The highest BCUT2D eigenvalue weighted by atomic mass is 32.2. The molecular formula is C24H33N5OS. The molecule has 0 saturated carbocycles. The summed E-state index contributed by atoms with van der Waals surface area (Å²) in [5, 5.41) is 8.44. The lowest BCUT2D eigenvalue weighted by Crippen LogP contribution is -2.32. The van der Waals surface area contributed by atoms with E-state index in [1.54, 1.807) is 4.52 Å². The molecule has 0 aliphatic carbocycles. The summed E-state index contributed by atoms with van der Waals surface area (Å²) in [5.41, 5.74) is 5.41. The Kier molecular flexibility index (Phi) is 7.36. The molecule has 0 aliphatic heterocycles. The van der Waals surface area contributed by atoms with E-state index in [1.165, 1.54) is 17.3 Å². The van der Waals surface area contributed by atoms with Crippen molar-refractivity contribution in [1.29, 1.82) is 0 Å². The normalized spacial score (nSPS) is 12.7. The number of thioether (sulfide) groups is 1. The summed E-state index contributed by atoms with van der Waals surface area (Å²) in [6.45, 7) is 12.6. The summed E-state index contributed by atoms with van der Waals surface area (Å²) >= 11 is 1.50. The second-order valence-corrected chi connectivity index (χ2v) is 9.46. The Balaban J connectivity index is 1.72. The van der Waals surface area contributed by atoms with Crippen LogP contribution in [0.4, 0.5) is 0 Å². The van der Waals surface area contributed by atoms with Gasteiger partial charge in [0.2, 0.25) is 11.1 Å². The number of aromatic nitrogens is 4. The lowest BCUT2D eigenvalue weighted by Gasteiger charge is -2.23. The molecular weight excluding hydrogens is 406 g/mol. The minimum Gasteiger partial charge on any atom is -0.349 e. The van der Waals surface area contributed by atoms with Crippen molar-refractivity contribution in [2.24, 2.45) is 5.92 Å². The summed E-state index contributed by atoms with van der Waals surface area (Å²) in [7, 11) is 0. The van der Waals surface area contributed by atoms with E-state index in [0.29, 0.717) is 35.6 Å². The molecule has 0 bridgehead atoms. The van der Waals surface area contributed by atoms with Crippen LogP contribution in [0.5, 0.6) is 0 Å². The number of hydrogen-bond acceptors (Lipinski definition) is 5.